The number of benzene rings is 2. The third-order valence-electron chi connectivity index (χ3n) is 4.58. The molecule has 0 amide bonds. The summed E-state index contributed by atoms with van der Waals surface area (Å²) in [4.78, 5) is 0. The molecule has 0 spiro atoms. The lowest BCUT2D eigenvalue weighted by Gasteiger charge is -2.14. The summed E-state index contributed by atoms with van der Waals surface area (Å²) in [5.74, 6) is 1.87. The highest BCUT2D eigenvalue weighted by Crippen LogP contribution is 2.28. The minimum atomic E-state index is 0.0479. The fourth-order valence-corrected chi connectivity index (χ4v) is 3.01. The van der Waals surface area contributed by atoms with Crippen LogP contribution in [0.2, 0.25) is 0 Å². The Morgan fingerprint density at radius 2 is 1.84 bits per heavy atom. The summed E-state index contributed by atoms with van der Waals surface area (Å²) in [6, 6.07) is 17.3. The molecule has 154 valence electrons. The van der Waals surface area contributed by atoms with Gasteiger partial charge in [0.1, 0.15) is 35.0 Å². The highest BCUT2D eigenvalue weighted by atomic mass is 16.5. The van der Waals surface area contributed by atoms with E-state index in [0.29, 0.717) is 29.4 Å². The Morgan fingerprint density at radius 1 is 1.10 bits per heavy atom. The van der Waals surface area contributed by atoms with Gasteiger partial charge in [0, 0.05) is 17.8 Å². The fraction of sp³-hybridized carbons (Fsp3) is 0.120. The molecule has 6 nitrogen and oxygen atoms in total. The smallest absolute Gasteiger partial charge is 0.142 e. The molecule has 0 unspecified atom stereocenters. The first kappa shape index (κ1) is 21.3. The monoisotopic (exact) mass is 410 g/mol. The number of hydrogen-bond acceptors (Lipinski definition) is 6. The summed E-state index contributed by atoms with van der Waals surface area (Å²) in [5, 5.41) is 21.6. The third kappa shape index (κ3) is 5.56. The van der Waals surface area contributed by atoms with Crippen molar-refractivity contribution in [2.45, 2.75) is 13.5 Å². The van der Waals surface area contributed by atoms with Crippen molar-refractivity contribution in [3.63, 3.8) is 0 Å². The van der Waals surface area contributed by atoms with Crippen molar-refractivity contribution in [3.8, 4) is 17.9 Å². The molecule has 0 bridgehead atoms. The summed E-state index contributed by atoms with van der Waals surface area (Å²) in [5.41, 5.74) is 9.95. The van der Waals surface area contributed by atoms with Crippen LogP contribution in [0.4, 0.5) is 11.4 Å². The van der Waals surface area contributed by atoms with Crippen LogP contribution in [0, 0.1) is 22.7 Å². The van der Waals surface area contributed by atoms with Crippen LogP contribution in [0.15, 0.2) is 83.4 Å². The van der Waals surface area contributed by atoms with Crippen molar-refractivity contribution in [2.75, 3.05) is 18.2 Å². The summed E-state index contributed by atoms with van der Waals surface area (Å²) in [6.45, 7) is 2.42. The zero-order valence-corrected chi connectivity index (χ0v) is 17.3. The number of methoxy groups -OCH3 is 1. The number of nitrogen functional groups attached to an aromatic ring is 1. The van der Waals surface area contributed by atoms with E-state index in [1.165, 1.54) is 0 Å². The quantitative estimate of drug-likeness (QED) is 0.509. The number of nitrogens with zero attached hydrogens (tertiary/aromatic N) is 2. The number of anilines is 2. The highest BCUT2D eigenvalue weighted by Gasteiger charge is 2.10. The van der Waals surface area contributed by atoms with Crippen LogP contribution in [-0.2, 0) is 11.3 Å². The Labute approximate surface area is 181 Å². The van der Waals surface area contributed by atoms with Crippen LogP contribution in [0.25, 0.3) is 6.08 Å². The van der Waals surface area contributed by atoms with E-state index in [9.17, 15) is 0 Å². The summed E-state index contributed by atoms with van der Waals surface area (Å²) < 4.78 is 11.2. The zero-order chi connectivity index (χ0) is 22.2. The van der Waals surface area contributed by atoms with Crippen molar-refractivity contribution in [1.82, 2.24) is 0 Å². The Kier molecular flexibility index (Phi) is 6.78. The van der Waals surface area contributed by atoms with Gasteiger partial charge in [0.25, 0.3) is 0 Å². The fourth-order valence-electron chi connectivity index (χ4n) is 3.01. The molecular formula is C25H22N4O2. The van der Waals surface area contributed by atoms with Gasteiger partial charge in [0.2, 0.25) is 0 Å². The molecule has 31 heavy (non-hydrogen) atoms. The Hall–Kier alpha value is -4.42. The number of ether oxygens (including phenoxy) is 2. The van der Waals surface area contributed by atoms with E-state index >= 15 is 0 Å². The van der Waals surface area contributed by atoms with E-state index in [1.54, 1.807) is 32.3 Å². The lowest BCUT2D eigenvalue weighted by atomic mass is 10.1. The highest BCUT2D eigenvalue weighted by molar-refractivity contribution is 5.65. The predicted molar refractivity (Wildman–Crippen MR) is 121 cm³/mol. The molecular weight excluding hydrogens is 388 g/mol. The van der Waals surface area contributed by atoms with Crippen molar-refractivity contribution < 1.29 is 9.47 Å². The largest absolute Gasteiger partial charge is 0.495 e. The van der Waals surface area contributed by atoms with Crippen molar-refractivity contribution in [2.24, 2.45) is 0 Å². The molecule has 3 N–H and O–H groups in total. The van der Waals surface area contributed by atoms with E-state index in [2.05, 4.69) is 5.32 Å². The van der Waals surface area contributed by atoms with Gasteiger partial charge in [-0.3, -0.25) is 0 Å². The molecule has 1 heterocycles. The maximum absolute atomic E-state index is 9.10. The van der Waals surface area contributed by atoms with Gasteiger partial charge in [-0.15, -0.1) is 0 Å². The second-order valence-electron chi connectivity index (χ2n) is 6.85. The minimum absolute atomic E-state index is 0.0479. The van der Waals surface area contributed by atoms with E-state index in [4.69, 9.17) is 25.7 Å². The van der Waals surface area contributed by atoms with Crippen LogP contribution >= 0.6 is 0 Å². The average molecular weight is 410 g/mol. The van der Waals surface area contributed by atoms with Crippen LogP contribution in [-0.4, -0.2) is 7.11 Å². The summed E-state index contributed by atoms with van der Waals surface area (Å²) >= 11 is 0. The Balaban J connectivity index is 1.76. The topological polar surface area (TPSA) is 104 Å². The second-order valence-corrected chi connectivity index (χ2v) is 6.85. The van der Waals surface area contributed by atoms with Crippen LogP contribution in [0.5, 0.6) is 5.75 Å². The first-order valence-corrected chi connectivity index (χ1v) is 9.59. The number of hydrogen-bond donors (Lipinski definition) is 2. The minimum Gasteiger partial charge on any atom is -0.495 e. The molecule has 2 aromatic rings. The van der Waals surface area contributed by atoms with Gasteiger partial charge in [-0.2, -0.15) is 10.5 Å². The second kappa shape index (κ2) is 9.87. The molecule has 0 aliphatic carbocycles. The lowest BCUT2D eigenvalue weighted by molar-refractivity contribution is 0.318. The molecule has 0 saturated heterocycles. The van der Waals surface area contributed by atoms with Crippen LogP contribution in [0.3, 0.4) is 0 Å². The Morgan fingerprint density at radius 3 is 2.52 bits per heavy atom. The molecule has 0 atom stereocenters. The molecule has 3 rings (SSSR count). The molecule has 0 aromatic heterocycles. The first-order chi connectivity index (χ1) is 15.0. The van der Waals surface area contributed by atoms with Crippen LogP contribution < -0.4 is 15.8 Å². The Bertz CT molecular complexity index is 1160. The van der Waals surface area contributed by atoms with Gasteiger partial charge in [0.05, 0.1) is 12.8 Å². The van der Waals surface area contributed by atoms with E-state index in [1.807, 2.05) is 60.7 Å². The molecule has 0 fully saturated rings. The summed E-state index contributed by atoms with van der Waals surface area (Å²) in [7, 11) is 1.63. The maximum atomic E-state index is 9.10. The van der Waals surface area contributed by atoms with Crippen molar-refractivity contribution in [1.29, 1.82) is 10.5 Å². The molecule has 6 heteroatoms. The normalized spacial score (nSPS) is 12.8. The third-order valence-corrected chi connectivity index (χ3v) is 4.58. The van der Waals surface area contributed by atoms with Gasteiger partial charge < -0.3 is 20.5 Å². The average Bonchev–Trinajstić information content (AvgIpc) is 2.78. The number of allylic oxidation sites excluding steroid dienone is 6. The number of nitrogens with one attached hydrogen (secondary N) is 1. The number of rotatable bonds is 6. The van der Waals surface area contributed by atoms with E-state index in [-0.39, 0.29) is 5.57 Å². The molecule has 0 saturated carbocycles. The molecule has 0 radical (unpaired) electrons. The summed E-state index contributed by atoms with van der Waals surface area (Å²) in [6.07, 6.45) is 7.01. The van der Waals surface area contributed by atoms with Gasteiger partial charge in [-0.05, 0) is 60.5 Å². The maximum Gasteiger partial charge on any atom is 0.142 e. The predicted octanol–water partition coefficient (Wildman–Crippen LogP) is 5.06. The molecule has 1 aliphatic heterocycles. The van der Waals surface area contributed by atoms with Gasteiger partial charge in [-0.1, -0.05) is 24.3 Å². The standard InChI is InChI=1S/C25H22N4O2/c1-17-11-20(21(14-26)15-27)13-23(31-17)9-5-18-6-10-24(25(12-18)30-2)29-16-19-3-7-22(28)8-4-19/h3-13,29H,16,28H2,1-2H3/b9-5+. The molecule has 2 aromatic carbocycles. The first-order valence-electron chi connectivity index (χ1n) is 9.59. The van der Waals surface area contributed by atoms with E-state index < -0.39 is 0 Å². The number of nitrogens with two attached hydrogens (primary N) is 1. The number of nitriles is 2. The zero-order valence-electron chi connectivity index (χ0n) is 17.3. The van der Waals surface area contributed by atoms with Gasteiger partial charge >= 0.3 is 0 Å². The van der Waals surface area contributed by atoms with Gasteiger partial charge in [-0.25, -0.2) is 0 Å². The van der Waals surface area contributed by atoms with E-state index in [0.717, 1.165) is 22.5 Å². The lowest BCUT2D eigenvalue weighted by Crippen LogP contribution is -2.01. The molecule has 1 aliphatic rings. The van der Waals surface area contributed by atoms with Crippen molar-refractivity contribution in [3.05, 3.63) is 94.5 Å². The van der Waals surface area contributed by atoms with Crippen molar-refractivity contribution >= 4 is 17.5 Å². The van der Waals surface area contributed by atoms with Gasteiger partial charge in [0.15, 0.2) is 0 Å². The van der Waals surface area contributed by atoms with Crippen LogP contribution in [0.1, 0.15) is 18.1 Å². The SMILES string of the molecule is COc1cc(/C=C/C2=CC(=C(C#N)C#N)C=C(C)O2)ccc1NCc1ccc(N)cc1.